The summed E-state index contributed by atoms with van der Waals surface area (Å²) in [4.78, 5) is 25.1. The van der Waals surface area contributed by atoms with Crippen molar-refractivity contribution in [3.8, 4) is 0 Å². The van der Waals surface area contributed by atoms with E-state index in [1.54, 1.807) is 13.0 Å². The number of carbonyl (C=O) groups excluding carboxylic acids is 2. The van der Waals surface area contributed by atoms with Gasteiger partial charge in [0, 0.05) is 17.2 Å². The highest BCUT2D eigenvalue weighted by Crippen LogP contribution is 2.44. The highest BCUT2D eigenvalue weighted by Gasteiger charge is 2.49. The van der Waals surface area contributed by atoms with Crippen LogP contribution in [-0.2, 0) is 19.0 Å². The summed E-state index contributed by atoms with van der Waals surface area (Å²) in [5.74, 6) is 0.0261. The Morgan fingerprint density at radius 1 is 1.26 bits per heavy atom. The lowest BCUT2D eigenvalue weighted by atomic mass is 9.80. The van der Waals surface area contributed by atoms with E-state index in [1.807, 2.05) is 19.1 Å². The fourth-order valence-electron chi connectivity index (χ4n) is 3.70. The molecule has 1 aromatic carbocycles. The van der Waals surface area contributed by atoms with Crippen molar-refractivity contribution in [2.75, 3.05) is 13.4 Å². The third-order valence-corrected chi connectivity index (χ3v) is 5.32. The SMILES string of the molecule is CCOCOC(=O)OC1=C(c2cc(C)ccc2Cl)C(=O)NC12CCCCC2. The summed E-state index contributed by atoms with van der Waals surface area (Å²) < 4.78 is 15.6. The standard InChI is InChI=1S/C20H24ClNO5/c1-3-25-12-26-19(24)27-17-16(14-11-13(2)7-8-15(14)21)18(23)22-20(17)9-5-4-6-10-20/h7-8,11H,3-6,9-10,12H2,1-2H3,(H,22,23). The van der Waals surface area contributed by atoms with Gasteiger partial charge in [-0.25, -0.2) is 4.79 Å². The van der Waals surface area contributed by atoms with Crippen molar-refractivity contribution in [3.63, 3.8) is 0 Å². The Hall–Kier alpha value is -2.05. The summed E-state index contributed by atoms with van der Waals surface area (Å²) in [6, 6.07) is 5.43. The van der Waals surface area contributed by atoms with Crippen molar-refractivity contribution < 1.29 is 23.8 Å². The largest absolute Gasteiger partial charge is 0.515 e. The van der Waals surface area contributed by atoms with E-state index in [9.17, 15) is 9.59 Å². The lowest BCUT2D eigenvalue weighted by Crippen LogP contribution is -2.46. The van der Waals surface area contributed by atoms with Crippen LogP contribution < -0.4 is 5.32 Å². The first-order valence-electron chi connectivity index (χ1n) is 9.23. The number of rotatable bonds is 5. The van der Waals surface area contributed by atoms with E-state index < -0.39 is 11.7 Å². The predicted molar refractivity (Wildman–Crippen MR) is 101 cm³/mol. The number of aryl methyl sites for hydroxylation is 1. The van der Waals surface area contributed by atoms with Crippen molar-refractivity contribution in [1.82, 2.24) is 5.32 Å². The Morgan fingerprint density at radius 2 is 2.00 bits per heavy atom. The molecule has 7 heteroatoms. The zero-order valence-corrected chi connectivity index (χ0v) is 16.4. The van der Waals surface area contributed by atoms with Gasteiger partial charge < -0.3 is 19.5 Å². The number of carbonyl (C=O) groups is 2. The molecule has 1 aliphatic carbocycles. The van der Waals surface area contributed by atoms with Crippen molar-refractivity contribution in [3.05, 3.63) is 40.1 Å². The zero-order chi connectivity index (χ0) is 19.4. The number of hydrogen-bond donors (Lipinski definition) is 1. The molecule has 1 aliphatic heterocycles. The lowest BCUT2D eigenvalue weighted by Gasteiger charge is -2.34. The van der Waals surface area contributed by atoms with E-state index in [1.165, 1.54) is 0 Å². The first-order chi connectivity index (χ1) is 13.0. The Labute approximate surface area is 163 Å². The average Bonchev–Trinajstić information content (AvgIpc) is 2.89. The maximum absolute atomic E-state index is 12.9. The van der Waals surface area contributed by atoms with Crippen molar-refractivity contribution in [2.24, 2.45) is 0 Å². The molecule has 3 rings (SSSR count). The van der Waals surface area contributed by atoms with Gasteiger partial charge in [0.05, 0.1) is 11.1 Å². The second kappa shape index (κ2) is 8.31. The number of hydrogen-bond acceptors (Lipinski definition) is 5. The minimum absolute atomic E-state index is 0.197. The Balaban J connectivity index is 2.01. The minimum atomic E-state index is -0.888. The normalized spacial score (nSPS) is 18.6. The van der Waals surface area contributed by atoms with Crippen LogP contribution in [0.3, 0.4) is 0 Å². The summed E-state index contributed by atoms with van der Waals surface area (Å²) >= 11 is 6.37. The lowest BCUT2D eigenvalue weighted by molar-refractivity contribution is -0.116. The third-order valence-electron chi connectivity index (χ3n) is 4.99. The quantitative estimate of drug-likeness (QED) is 0.457. The third kappa shape index (κ3) is 4.12. The smallest absolute Gasteiger partial charge is 0.407 e. The Kier molecular flexibility index (Phi) is 6.07. The monoisotopic (exact) mass is 393 g/mol. The second-order valence-corrected chi connectivity index (χ2v) is 7.30. The van der Waals surface area contributed by atoms with E-state index in [0.29, 0.717) is 41.4 Å². The van der Waals surface area contributed by atoms with Crippen LogP contribution in [0.2, 0.25) is 5.02 Å². The first kappa shape index (κ1) is 19.7. The molecule has 1 saturated carbocycles. The molecule has 0 saturated heterocycles. The van der Waals surface area contributed by atoms with E-state index in [-0.39, 0.29) is 12.7 Å². The van der Waals surface area contributed by atoms with E-state index in [0.717, 1.165) is 24.8 Å². The van der Waals surface area contributed by atoms with Crippen LogP contribution in [0.25, 0.3) is 5.57 Å². The van der Waals surface area contributed by atoms with Crippen molar-refractivity contribution >= 4 is 29.2 Å². The summed E-state index contributed by atoms with van der Waals surface area (Å²) in [5, 5.41) is 3.48. The fraction of sp³-hybridized carbons (Fsp3) is 0.500. The minimum Gasteiger partial charge on any atom is -0.407 e. The molecule has 0 unspecified atom stereocenters. The van der Waals surface area contributed by atoms with E-state index in [2.05, 4.69) is 5.32 Å². The summed E-state index contributed by atoms with van der Waals surface area (Å²) in [7, 11) is 0. The Morgan fingerprint density at radius 3 is 2.70 bits per heavy atom. The fourth-order valence-corrected chi connectivity index (χ4v) is 3.91. The van der Waals surface area contributed by atoms with Gasteiger partial charge in [0.1, 0.15) is 0 Å². The molecule has 1 amide bonds. The van der Waals surface area contributed by atoms with Crippen LogP contribution in [0.15, 0.2) is 24.0 Å². The van der Waals surface area contributed by atoms with Gasteiger partial charge in [-0.3, -0.25) is 4.79 Å². The molecule has 1 spiro atoms. The molecular formula is C20H24ClNO5. The van der Waals surface area contributed by atoms with E-state index >= 15 is 0 Å². The maximum Gasteiger partial charge on any atom is 0.515 e. The van der Waals surface area contributed by atoms with Crippen LogP contribution in [0, 0.1) is 6.92 Å². The molecule has 0 atom stereocenters. The van der Waals surface area contributed by atoms with Gasteiger partial charge in [-0.1, -0.05) is 42.5 Å². The molecule has 0 aromatic heterocycles. The number of nitrogens with one attached hydrogen (secondary N) is 1. The number of halogens is 1. The highest BCUT2D eigenvalue weighted by atomic mass is 35.5. The van der Waals surface area contributed by atoms with Crippen molar-refractivity contribution in [2.45, 2.75) is 51.5 Å². The van der Waals surface area contributed by atoms with Gasteiger partial charge >= 0.3 is 6.16 Å². The van der Waals surface area contributed by atoms with Crippen LogP contribution in [0.4, 0.5) is 4.79 Å². The average molecular weight is 394 g/mol. The molecule has 0 radical (unpaired) electrons. The number of ether oxygens (including phenoxy) is 3. The van der Waals surface area contributed by atoms with Gasteiger partial charge in [-0.2, -0.15) is 0 Å². The van der Waals surface area contributed by atoms with Crippen LogP contribution in [0.1, 0.15) is 50.2 Å². The second-order valence-electron chi connectivity index (χ2n) is 6.89. The molecule has 146 valence electrons. The topological polar surface area (TPSA) is 73.9 Å². The summed E-state index contributed by atoms with van der Waals surface area (Å²) in [6.07, 6.45) is 3.49. The summed E-state index contributed by atoms with van der Waals surface area (Å²) in [6.45, 7) is 3.94. The van der Waals surface area contributed by atoms with Gasteiger partial charge in [0.15, 0.2) is 12.6 Å². The first-order valence-corrected chi connectivity index (χ1v) is 9.61. The zero-order valence-electron chi connectivity index (χ0n) is 15.6. The maximum atomic E-state index is 12.9. The molecule has 1 heterocycles. The number of benzene rings is 1. The van der Waals surface area contributed by atoms with Crippen molar-refractivity contribution in [1.29, 1.82) is 0 Å². The molecule has 0 bridgehead atoms. The van der Waals surface area contributed by atoms with Crippen LogP contribution >= 0.6 is 11.6 Å². The predicted octanol–water partition coefficient (Wildman–Crippen LogP) is 4.34. The van der Waals surface area contributed by atoms with Gasteiger partial charge in [0.2, 0.25) is 0 Å². The number of amides is 1. The van der Waals surface area contributed by atoms with Crippen LogP contribution in [0.5, 0.6) is 0 Å². The van der Waals surface area contributed by atoms with Crippen LogP contribution in [-0.4, -0.2) is 31.0 Å². The molecule has 2 aliphatic rings. The molecule has 1 N–H and O–H groups in total. The highest BCUT2D eigenvalue weighted by molar-refractivity contribution is 6.35. The molecule has 1 aromatic rings. The van der Waals surface area contributed by atoms with E-state index in [4.69, 9.17) is 25.8 Å². The molecule has 1 fully saturated rings. The van der Waals surface area contributed by atoms with Gasteiger partial charge in [-0.05, 0) is 38.8 Å². The Bertz CT molecular complexity index is 768. The summed E-state index contributed by atoms with van der Waals surface area (Å²) in [5.41, 5.74) is 1.13. The van der Waals surface area contributed by atoms with Gasteiger partial charge in [0.25, 0.3) is 5.91 Å². The molecular weight excluding hydrogens is 370 g/mol. The molecule has 27 heavy (non-hydrogen) atoms. The van der Waals surface area contributed by atoms with Gasteiger partial charge in [-0.15, -0.1) is 0 Å². The molecule has 6 nitrogen and oxygen atoms in total.